The van der Waals surface area contributed by atoms with Crippen LogP contribution in [-0.4, -0.2) is 11.6 Å². The highest BCUT2D eigenvalue weighted by Crippen LogP contribution is 2.26. The molecule has 0 amide bonds. The summed E-state index contributed by atoms with van der Waals surface area (Å²) in [7, 11) is 0. The molecule has 4 nitrogen and oxygen atoms in total. The lowest BCUT2D eigenvalue weighted by Gasteiger charge is -2.04. The molecule has 0 aliphatic rings. The van der Waals surface area contributed by atoms with Gasteiger partial charge in [-0.15, -0.1) is 0 Å². The molecule has 3 rings (SSSR count). The first-order valence-electron chi connectivity index (χ1n) is 6.66. The molecule has 1 aromatic heterocycles. The third-order valence-corrected chi connectivity index (χ3v) is 3.45. The first-order chi connectivity index (χ1) is 10.1. The van der Waals surface area contributed by atoms with E-state index in [1.807, 2.05) is 31.2 Å². The fraction of sp³-hybridized carbons (Fsp3) is 0.188. The Bertz CT molecular complexity index is 744. The molecule has 1 heterocycles. The van der Waals surface area contributed by atoms with Crippen molar-refractivity contribution in [2.24, 2.45) is 0 Å². The zero-order valence-electron chi connectivity index (χ0n) is 11.6. The summed E-state index contributed by atoms with van der Waals surface area (Å²) in [5.74, 6) is 1.46. The number of hydrogen-bond acceptors (Lipinski definition) is 4. The van der Waals surface area contributed by atoms with Crippen molar-refractivity contribution >= 4 is 28.4 Å². The van der Waals surface area contributed by atoms with Crippen molar-refractivity contribution in [3.63, 3.8) is 0 Å². The minimum Gasteiger partial charge on any atom is -0.493 e. The van der Waals surface area contributed by atoms with E-state index in [0.717, 1.165) is 5.75 Å². The van der Waals surface area contributed by atoms with Crippen LogP contribution in [-0.2, 0) is 6.42 Å². The smallest absolute Gasteiger partial charge is 0.198 e. The number of halogens is 1. The van der Waals surface area contributed by atoms with Gasteiger partial charge in [0.25, 0.3) is 0 Å². The zero-order chi connectivity index (χ0) is 14.8. The van der Waals surface area contributed by atoms with Crippen LogP contribution >= 0.6 is 11.6 Å². The maximum Gasteiger partial charge on any atom is 0.198 e. The Balaban J connectivity index is 1.68. The van der Waals surface area contributed by atoms with Crippen molar-refractivity contribution in [3.8, 4) is 5.75 Å². The molecule has 0 aliphatic heterocycles. The molecule has 0 radical (unpaired) electrons. The lowest BCUT2D eigenvalue weighted by molar-refractivity contribution is 0.308. The third kappa shape index (κ3) is 3.11. The third-order valence-electron chi connectivity index (χ3n) is 3.13. The lowest BCUT2D eigenvalue weighted by Crippen LogP contribution is -2.01. The van der Waals surface area contributed by atoms with E-state index in [-0.39, 0.29) is 0 Å². The number of fused-ring (bicyclic) bond motifs is 1. The molecule has 0 atom stereocenters. The highest BCUT2D eigenvalue weighted by molar-refractivity contribution is 6.33. The van der Waals surface area contributed by atoms with E-state index >= 15 is 0 Å². The van der Waals surface area contributed by atoms with Crippen LogP contribution in [0.5, 0.6) is 5.75 Å². The molecule has 3 aromatic rings. The maximum atomic E-state index is 5.96. The number of nitrogens with zero attached hydrogens (tertiary/aromatic N) is 1. The number of benzene rings is 2. The van der Waals surface area contributed by atoms with Crippen molar-refractivity contribution in [1.82, 2.24) is 4.98 Å². The molecule has 2 N–H and O–H groups in total. The SMILES string of the molecule is Cc1cccc(OCCc2nc3cc(Cl)c(N)cc3o2)c1. The fourth-order valence-corrected chi connectivity index (χ4v) is 2.24. The van der Waals surface area contributed by atoms with E-state index in [4.69, 9.17) is 26.5 Å². The molecule has 21 heavy (non-hydrogen) atoms. The summed E-state index contributed by atoms with van der Waals surface area (Å²) in [6.45, 7) is 2.53. The first-order valence-corrected chi connectivity index (χ1v) is 7.03. The molecule has 108 valence electrons. The minimum absolute atomic E-state index is 0.485. The Morgan fingerprint density at radius 1 is 1.29 bits per heavy atom. The average Bonchev–Trinajstić information content (AvgIpc) is 2.81. The van der Waals surface area contributed by atoms with Gasteiger partial charge < -0.3 is 14.9 Å². The fourth-order valence-electron chi connectivity index (χ4n) is 2.08. The standard InChI is InChI=1S/C16H15ClN2O2/c1-10-3-2-4-11(7-10)20-6-5-16-19-14-8-12(17)13(18)9-15(14)21-16/h2-4,7-9H,5-6,18H2,1H3. The molecular formula is C16H15ClN2O2. The van der Waals surface area contributed by atoms with Gasteiger partial charge in [-0.05, 0) is 30.7 Å². The van der Waals surface area contributed by atoms with Gasteiger partial charge in [-0.3, -0.25) is 0 Å². The number of aryl methyl sites for hydroxylation is 1. The Labute approximate surface area is 127 Å². The van der Waals surface area contributed by atoms with Gasteiger partial charge in [0.2, 0.25) is 0 Å². The molecule has 0 spiro atoms. The Kier molecular flexibility index (Phi) is 3.71. The molecule has 5 heteroatoms. The number of aromatic nitrogens is 1. The van der Waals surface area contributed by atoms with Crippen molar-refractivity contribution in [2.45, 2.75) is 13.3 Å². The molecular weight excluding hydrogens is 288 g/mol. The number of hydrogen-bond donors (Lipinski definition) is 1. The van der Waals surface area contributed by atoms with E-state index in [2.05, 4.69) is 4.98 Å². The summed E-state index contributed by atoms with van der Waals surface area (Å²) in [5, 5.41) is 0.485. The van der Waals surface area contributed by atoms with Gasteiger partial charge in [-0.1, -0.05) is 23.7 Å². The average molecular weight is 303 g/mol. The summed E-state index contributed by atoms with van der Waals surface area (Å²) in [6, 6.07) is 11.3. The van der Waals surface area contributed by atoms with Crippen LogP contribution in [0.2, 0.25) is 5.02 Å². The van der Waals surface area contributed by atoms with Crippen LogP contribution in [0.3, 0.4) is 0 Å². The van der Waals surface area contributed by atoms with Crippen LogP contribution in [0.15, 0.2) is 40.8 Å². The van der Waals surface area contributed by atoms with Crippen LogP contribution < -0.4 is 10.5 Å². The predicted octanol–water partition coefficient (Wildman–Crippen LogP) is 3.99. The van der Waals surface area contributed by atoms with E-state index < -0.39 is 0 Å². The van der Waals surface area contributed by atoms with Gasteiger partial charge in [-0.2, -0.15) is 0 Å². The first kappa shape index (κ1) is 13.8. The van der Waals surface area contributed by atoms with Crippen molar-refractivity contribution in [2.75, 3.05) is 12.3 Å². The van der Waals surface area contributed by atoms with Crippen LogP contribution in [0.1, 0.15) is 11.5 Å². The molecule has 0 unspecified atom stereocenters. The monoisotopic (exact) mass is 302 g/mol. The number of rotatable bonds is 4. The van der Waals surface area contributed by atoms with E-state index in [0.29, 0.717) is 40.7 Å². The number of oxazole rings is 1. The Morgan fingerprint density at radius 3 is 2.95 bits per heavy atom. The lowest BCUT2D eigenvalue weighted by atomic mass is 10.2. The zero-order valence-corrected chi connectivity index (χ0v) is 12.4. The normalized spacial score (nSPS) is 11.0. The largest absolute Gasteiger partial charge is 0.493 e. The van der Waals surface area contributed by atoms with Gasteiger partial charge in [0.15, 0.2) is 11.5 Å². The highest BCUT2D eigenvalue weighted by atomic mass is 35.5. The molecule has 0 saturated carbocycles. The van der Waals surface area contributed by atoms with Gasteiger partial charge >= 0.3 is 0 Å². The van der Waals surface area contributed by atoms with E-state index in [9.17, 15) is 0 Å². The summed E-state index contributed by atoms with van der Waals surface area (Å²) in [4.78, 5) is 4.38. The van der Waals surface area contributed by atoms with Crippen LogP contribution in [0.4, 0.5) is 5.69 Å². The summed E-state index contributed by atoms with van der Waals surface area (Å²) in [6.07, 6.45) is 0.583. The predicted molar refractivity (Wildman–Crippen MR) is 83.8 cm³/mol. The van der Waals surface area contributed by atoms with Crippen LogP contribution in [0.25, 0.3) is 11.1 Å². The minimum atomic E-state index is 0.485. The second-order valence-electron chi connectivity index (χ2n) is 4.86. The summed E-state index contributed by atoms with van der Waals surface area (Å²) in [5.41, 5.74) is 8.75. The van der Waals surface area contributed by atoms with Gasteiger partial charge in [0.1, 0.15) is 11.3 Å². The number of anilines is 1. The maximum absolute atomic E-state index is 5.96. The number of nitrogens with two attached hydrogens (primary N) is 1. The Hall–Kier alpha value is -2.20. The number of nitrogen functional groups attached to an aromatic ring is 1. The highest BCUT2D eigenvalue weighted by Gasteiger charge is 2.08. The molecule has 0 saturated heterocycles. The molecule has 2 aromatic carbocycles. The number of ether oxygens (including phenoxy) is 1. The van der Waals surface area contributed by atoms with Gasteiger partial charge in [0.05, 0.1) is 23.7 Å². The van der Waals surface area contributed by atoms with Crippen LogP contribution in [0, 0.1) is 6.92 Å². The second-order valence-corrected chi connectivity index (χ2v) is 5.27. The van der Waals surface area contributed by atoms with Gasteiger partial charge in [0, 0.05) is 6.07 Å². The quantitative estimate of drug-likeness (QED) is 0.740. The topological polar surface area (TPSA) is 61.3 Å². The van der Waals surface area contributed by atoms with E-state index in [1.165, 1.54) is 5.56 Å². The Morgan fingerprint density at radius 2 is 2.14 bits per heavy atom. The van der Waals surface area contributed by atoms with Crippen molar-refractivity contribution in [1.29, 1.82) is 0 Å². The van der Waals surface area contributed by atoms with Crippen molar-refractivity contribution in [3.05, 3.63) is 52.9 Å². The van der Waals surface area contributed by atoms with Gasteiger partial charge in [-0.25, -0.2) is 4.98 Å². The molecule has 0 fully saturated rings. The summed E-state index contributed by atoms with van der Waals surface area (Å²) < 4.78 is 11.3. The molecule has 0 bridgehead atoms. The van der Waals surface area contributed by atoms with E-state index in [1.54, 1.807) is 12.1 Å². The van der Waals surface area contributed by atoms with Crippen molar-refractivity contribution < 1.29 is 9.15 Å². The summed E-state index contributed by atoms with van der Waals surface area (Å²) >= 11 is 5.96. The molecule has 0 aliphatic carbocycles. The second kappa shape index (κ2) is 5.66.